The van der Waals surface area contributed by atoms with Gasteiger partial charge in [0, 0.05) is 38.4 Å². The lowest BCUT2D eigenvalue weighted by Gasteiger charge is -2.26. The Morgan fingerprint density at radius 2 is 1.96 bits per heavy atom. The van der Waals surface area contributed by atoms with Crippen LogP contribution in [-0.2, 0) is 13.6 Å². The highest BCUT2D eigenvalue weighted by Gasteiger charge is 2.26. The fourth-order valence-corrected chi connectivity index (χ4v) is 3.75. The van der Waals surface area contributed by atoms with Crippen LogP contribution < -0.4 is 10.6 Å². The van der Waals surface area contributed by atoms with Crippen molar-refractivity contribution >= 4 is 5.96 Å². The van der Waals surface area contributed by atoms with Gasteiger partial charge in [-0.2, -0.15) is 5.10 Å². The van der Waals surface area contributed by atoms with Crippen molar-refractivity contribution in [2.75, 3.05) is 26.7 Å². The Morgan fingerprint density at radius 3 is 2.52 bits per heavy atom. The van der Waals surface area contributed by atoms with E-state index in [-0.39, 0.29) is 6.04 Å². The summed E-state index contributed by atoms with van der Waals surface area (Å²) in [7, 11) is 3.78. The van der Waals surface area contributed by atoms with E-state index in [0.29, 0.717) is 6.54 Å². The summed E-state index contributed by atoms with van der Waals surface area (Å²) >= 11 is 0. The third-order valence-corrected chi connectivity index (χ3v) is 5.45. The van der Waals surface area contributed by atoms with E-state index in [9.17, 15) is 0 Å². The third-order valence-electron chi connectivity index (χ3n) is 5.45. The fourth-order valence-electron chi connectivity index (χ4n) is 3.75. The summed E-state index contributed by atoms with van der Waals surface area (Å²) in [4.78, 5) is 6.88. The van der Waals surface area contributed by atoms with E-state index in [1.807, 2.05) is 31.6 Å². The molecule has 0 aliphatic carbocycles. The highest BCUT2D eigenvalue weighted by atomic mass is 16.3. The second-order valence-corrected chi connectivity index (χ2v) is 7.29. The van der Waals surface area contributed by atoms with Crippen molar-refractivity contribution in [2.24, 2.45) is 12.0 Å². The van der Waals surface area contributed by atoms with Gasteiger partial charge in [-0.15, -0.1) is 0 Å². The molecule has 7 heteroatoms. The lowest BCUT2D eigenvalue weighted by molar-refractivity contribution is 0.213. The lowest BCUT2D eigenvalue weighted by Crippen LogP contribution is -2.42. The molecule has 148 valence electrons. The molecule has 1 aliphatic heterocycles. The Kier molecular flexibility index (Phi) is 6.21. The van der Waals surface area contributed by atoms with Crippen molar-refractivity contribution in [3.63, 3.8) is 0 Å². The molecule has 2 aromatic heterocycles. The van der Waals surface area contributed by atoms with Crippen LogP contribution in [0.15, 0.2) is 21.5 Å². The molecule has 0 amide bonds. The van der Waals surface area contributed by atoms with Gasteiger partial charge in [-0.05, 0) is 58.8 Å². The van der Waals surface area contributed by atoms with Gasteiger partial charge >= 0.3 is 0 Å². The molecule has 3 rings (SSSR count). The zero-order valence-electron chi connectivity index (χ0n) is 17.2. The molecule has 0 saturated carbocycles. The molecule has 3 heterocycles. The zero-order chi connectivity index (χ0) is 19.4. The quantitative estimate of drug-likeness (QED) is 0.602. The van der Waals surface area contributed by atoms with Crippen molar-refractivity contribution in [2.45, 2.75) is 46.2 Å². The first-order valence-corrected chi connectivity index (χ1v) is 9.73. The predicted octanol–water partition coefficient (Wildman–Crippen LogP) is 2.44. The number of nitrogens with one attached hydrogen (secondary N) is 2. The van der Waals surface area contributed by atoms with Crippen LogP contribution in [0.2, 0.25) is 0 Å². The predicted molar refractivity (Wildman–Crippen MR) is 108 cm³/mol. The highest BCUT2D eigenvalue weighted by Crippen LogP contribution is 2.26. The van der Waals surface area contributed by atoms with E-state index in [1.165, 1.54) is 24.1 Å². The van der Waals surface area contributed by atoms with Crippen LogP contribution in [-0.4, -0.2) is 47.3 Å². The average molecular weight is 373 g/mol. The average Bonchev–Trinajstić information content (AvgIpc) is 3.36. The summed E-state index contributed by atoms with van der Waals surface area (Å²) in [6.07, 6.45) is 2.51. The normalized spacial score (nSPS) is 16.7. The van der Waals surface area contributed by atoms with Crippen LogP contribution in [0.4, 0.5) is 0 Å². The van der Waals surface area contributed by atoms with Crippen LogP contribution in [0.5, 0.6) is 0 Å². The topological polar surface area (TPSA) is 70.6 Å². The van der Waals surface area contributed by atoms with Gasteiger partial charge in [0.1, 0.15) is 11.5 Å². The number of aryl methyl sites for hydroxylation is 3. The van der Waals surface area contributed by atoms with Crippen LogP contribution in [0.3, 0.4) is 0 Å². The SMILES string of the molecule is CN=C(NCc1c(C)nn(C)c1C)NCC(c1ccc(C)o1)N1CCCC1. The van der Waals surface area contributed by atoms with Gasteiger partial charge < -0.3 is 15.1 Å². The Morgan fingerprint density at radius 1 is 1.22 bits per heavy atom. The van der Waals surface area contributed by atoms with E-state index in [4.69, 9.17) is 4.42 Å². The number of aromatic nitrogens is 2. The molecule has 0 bridgehead atoms. The maximum absolute atomic E-state index is 5.93. The molecule has 1 unspecified atom stereocenters. The summed E-state index contributed by atoms with van der Waals surface area (Å²) in [5.74, 6) is 2.78. The van der Waals surface area contributed by atoms with Crippen molar-refractivity contribution < 1.29 is 4.42 Å². The number of hydrogen-bond acceptors (Lipinski definition) is 4. The second kappa shape index (κ2) is 8.61. The lowest BCUT2D eigenvalue weighted by atomic mass is 10.2. The van der Waals surface area contributed by atoms with Gasteiger partial charge in [0.2, 0.25) is 0 Å². The summed E-state index contributed by atoms with van der Waals surface area (Å²) in [5, 5.41) is 11.4. The van der Waals surface area contributed by atoms with Crippen LogP contribution in [0.1, 0.15) is 47.4 Å². The molecule has 0 spiro atoms. The maximum Gasteiger partial charge on any atom is 0.191 e. The van der Waals surface area contributed by atoms with Crippen LogP contribution in [0.25, 0.3) is 0 Å². The highest BCUT2D eigenvalue weighted by molar-refractivity contribution is 5.79. The summed E-state index contributed by atoms with van der Waals surface area (Å²) in [5.41, 5.74) is 3.45. The second-order valence-electron chi connectivity index (χ2n) is 7.29. The first-order valence-electron chi connectivity index (χ1n) is 9.73. The number of guanidine groups is 1. The molecule has 1 aliphatic rings. The molecule has 1 atom stereocenters. The molecular formula is C20H32N6O. The van der Waals surface area contributed by atoms with Crippen molar-refractivity contribution in [3.8, 4) is 0 Å². The Bertz CT molecular complexity index is 784. The van der Waals surface area contributed by atoms with Crippen molar-refractivity contribution in [1.82, 2.24) is 25.3 Å². The smallest absolute Gasteiger partial charge is 0.191 e. The Hall–Kier alpha value is -2.28. The van der Waals surface area contributed by atoms with Crippen LogP contribution in [0, 0.1) is 20.8 Å². The van der Waals surface area contributed by atoms with E-state index in [0.717, 1.165) is 42.8 Å². The number of hydrogen-bond donors (Lipinski definition) is 2. The molecule has 2 N–H and O–H groups in total. The monoisotopic (exact) mass is 372 g/mol. The number of furan rings is 1. The van der Waals surface area contributed by atoms with Crippen molar-refractivity contribution in [3.05, 3.63) is 40.6 Å². The molecule has 1 fully saturated rings. The minimum absolute atomic E-state index is 0.224. The standard InChI is InChI=1S/C20H32N6O/c1-14-8-9-19(27-14)18(26-10-6-7-11-26)13-23-20(21-4)22-12-17-15(2)24-25(5)16(17)3/h8-9,18H,6-7,10-13H2,1-5H3,(H2,21,22,23). The summed E-state index contributed by atoms with van der Waals surface area (Å²) < 4.78 is 7.86. The molecule has 2 aromatic rings. The van der Waals surface area contributed by atoms with E-state index >= 15 is 0 Å². The third kappa shape index (κ3) is 4.53. The fraction of sp³-hybridized carbons (Fsp3) is 0.600. The molecule has 0 aromatic carbocycles. The summed E-state index contributed by atoms with van der Waals surface area (Å²) in [6, 6.07) is 4.36. The number of nitrogens with zero attached hydrogens (tertiary/aromatic N) is 4. The molecule has 7 nitrogen and oxygen atoms in total. The van der Waals surface area contributed by atoms with Gasteiger partial charge in [-0.3, -0.25) is 14.6 Å². The van der Waals surface area contributed by atoms with E-state index in [2.05, 4.69) is 38.6 Å². The van der Waals surface area contributed by atoms with Gasteiger partial charge in [0.15, 0.2) is 5.96 Å². The maximum atomic E-state index is 5.93. The molecule has 1 saturated heterocycles. The largest absolute Gasteiger partial charge is 0.465 e. The molecule has 0 radical (unpaired) electrons. The minimum atomic E-state index is 0.224. The number of likely N-dealkylation sites (tertiary alicyclic amines) is 1. The number of rotatable bonds is 6. The van der Waals surface area contributed by atoms with E-state index in [1.54, 1.807) is 7.05 Å². The summed E-state index contributed by atoms with van der Waals surface area (Å²) in [6.45, 7) is 9.84. The Labute approximate surface area is 161 Å². The van der Waals surface area contributed by atoms with Gasteiger partial charge in [-0.1, -0.05) is 0 Å². The first-order chi connectivity index (χ1) is 13.0. The van der Waals surface area contributed by atoms with Gasteiger partial charge in [-0.25, -0.2) is 0 Å². The minimum Gasteiger partial charge on any atom is -0.465 e. The number of aliphatic imine (C=N–C) groups is 1. The van der Waals surface area contributed by atoms with Gasteiger partial charge in [0.25, 0.3) is 0 Å². The first kappa shape index (κ1) is 19.5. The van der Waals surface area contributed by atoms with Gasteiger partial charge in [0.05, 0.1) is 11.7 Å². The van der Waals surface area contributed by atoms with Crippen LogP contribution >= 0.6 is 0 Å². The van der Waals surface area contributed by atoms with E-state index < -0.39 is 0 Å². The zero-order valence-corrected chi connectivity index (χ0v) is 17.2. The Balaban J connectivity index is 1.62. The molecular weight excluding hydrogens is 340 g/mol. The molecule has 27 heavy (non-hydrogen) atoms. The van der Waals surface area contributed by atoms with Crippen molar-refractivity contribution in [1.29, 1.82) is 0 Å².